The largest absolute Gasteiger partial charge is 0.496 e. The molecule has 1 aliphatic rings. The van der Waals surface area contributed by atoms with E-state index in [1.54, 1.807) is 13.2 Å². The van der Waals surface area contributed by atoms with Crippen LogP contribution in [0.3, 0.4) is 0 Å². The van der Waals surface area contributed by atoms with Crippen LogP contribution in [-0.2, 0) is 6.42 Å². The summed E-state index contributed by atoms with van der Waals surface area (Å²) < 4.78 is 19.2. The third-order valence-corrected chi connectivity index (χ3v) is 3.53. The van der Waals surface area contributed by atoms with Crippen LogP contribution < -0.4 is 10.1 Å². The van der Waals surface area contributed by atoms with Gasteiger partial charge in [0.05, 0.1) is 12.1 Å². The Kier molecular flexibility index (Phi) is 4.24. The number of benzene rings is 1. The fourth-order valence-corrected chi connectivity index (χ4v) is 2.48. The zero-order valence-electron chi connectivity index (χ0n) is 9.93. The summed E-state index contributed by atoms with van der Waals surface area (Å²) in [6.45, 7) is 1.01. The third-order valence-electron chi connectivity index (χ3n) is 3.24. The van der Waals surface area contributed by atoms with E-state index in [2.05, 4.69) is 5.32 Å². The molecule has 1 atom stereocenters. The first-order valence-corrected chi connectivity index (χ1v) is 6.34. The summed E-state index contributed by atoms with van der Waals surface area (Å²) in [5.41, 5.74) is 0.583. The second kappa shape index (κ2) is 5.69. The molecule has 0 saturated carbocycles. The summed E-state index contributed by atoms with van der Waals surface area (Å²) in [6.07, 6.45) is 4.11. The van der Waals surface area contributed by atoms with Crippen molar-refractivity contribution in [1.82, 2.24) is 5.32 Å². The van der Waals surface area contributed by atoms with Crippen molar-refractivity contribution in [2.45, 2.75) is 31.7 Å². The molecular weight excluding hydrogens is 241 g/mol. The molecule has 1 aromatic carbocycles. The average Bonchev–Trinajstić information content (AvgIpc) is 2.37. The van der Waals surface area contributed by atoms with Crippen molar-refractivity contribution < 1.29 is 9.13 Å². The fraction of sp³-hybridized carbons (Fsp3) is 0.538. The number of hydrogen-bond acceptors (Lipinski definition) is 2. The van der Waals surface area contributed by atoms with Crippen LogP contribution in [0.1, 0.15) is 24.8 Å². The van der Waals surface area contributed by atoms with Crippen LogP contribution in [0.5, 0.6) is 5.75 Å². The van der Waals surface area contributed by atoms with Gasteiger partial charge < -0.3 is 10.1 Å². The first-order chi connectivity index (χ1) is 8.22. The van der Waals surface area contributed by atoms with Crippen molar-refractivity contribution in [3.05, 3.63) is 28.5 Å². The predicted molar refractivity (Wildman–Crippen MR) is 67.3 cm³/mol. The highest BCUT2D eigenvalue weighted by Crippen LogP contribution is 2.29. The molecule has 94 valence electrons. The molecule has 0 amide bonds. The molecule has 0 aromatic heterocycles. The lowest BCUT2D eigenvalue weighted by atomic mass is 9.97. The second-order valence-electron chi connectivity index (χ2n) is 4.39. The van der Waals surface area contributed by atoms with Gasteiger partial charge >= 0.3 is 0 Å². The van der Waals surface area contributed by atoms with E-state index in [-0.39, 0.29) is 10.8 Å². The number of ether oxygens (including phenoxy) is 1. The van der Waals surface area contributed by atoms with Gasteiger partial charge in [0.15, 0.2) is 0 Å². The van der Waals surface area contributed by atoms with Crippen LogP contribution in [-0.4, -0.2) is 19.7 Å². The van der Waals surface area contributed by atoms with Gasteiger partial charge in [-0.05, 0) is 37.9 Å². The van der Waals surface area contributed by atoms with Crippen molar-refractivity contribution in [2.24, 2.45) is 0 Å². The van der Waals surface area contributed by atoms with Crippen LogP contribution in [0.4, 0.5) is 4.39 Å². The Morgan fingerprint density at radius 2 is 2.29 bits per heavy atom. The molecule has 0 radical (unpaired) electrons. The Labute approximate surface area is 106 Å². The average molecular weight is 258 g/mol. The SMILES string of the molecule is COc1ccc(Cl)c(F)c1CC1CCCCN1. The molecule has 2 nitrogen and oxygen atoms in total. The van der Waals surface area contributed by atoms with E-state index in [4.69, 9.17) is 16.3 Å². The summed E-state index contributed by atoms with van der Waals surface area (Å²) in [5.74, 6) is 0.234. The van der Waals surface area contributed by atoms with Crippen molar-refractivity contribution in [1.29, 1.82) is 0 Å². The van der Waals surface area contributed by atoms with Gasteiger partial charge in [0.25, 0.3) is 0 Å². The minimum absolute atomic E-state index is 0.164. The van der Waals surface area contributed by atoms with Gasteiger partial charge in [-0.2, -0.15) is 0 Å². The summed E-state index contributed by atoms with van der Waals surface area (Å²) in [7, 11) is 1.56. The van der Waals surface area contributed by atoms with Crippen LogP contribution in [0.25, 0.3) is 0 Å². The molecule has 1 unspecified atom stereocenters. The van der Waals surface area contributed by atoms with Gasteiger partial charge in [-0.15, -0.1) is 0 Å². The van der Waals surface area contributed by atoms with E-state index in [0.717, 1.165) is 13.0 Å². The van der Waals surface area contributed by atoms with Crippen molar-refractivity contribution in [3.63, 3.8) is 0 Å². The van der Waals surface area contributed by atoms with E-state index in [1.807, 2.05) is 0 Å². The van der Waals surface area contributed by atoms with Gasteiger partial charge in [0, 0.05) is 11.6 Å². The molecule has 0 bridgehead atoms. The molecule has 1 aliphatic heterocycles. The summed E-state index contributed by atoms with van der Waals surface area (Å²) >= 11 is 5.81. The summed E-state index contributed by atoms with van der Waals surface area (Å²) in [5, 5.41) is 3.56. The quantitative estimate of drug-likeness (QED) is 0.898. The molecule has 1 fully saturated rings. The van der Waals surface area contributed by atoms with Crippen LogP contribution >= 0.6 is 11.6 Å². The summed E-state index contributed by atoms with van der Waals surface area (Å²) in [4.78, 5) is 0. The molecule has 17 heavy (non-hydrogen) atoms. The van der Waals surface area contributed by atoms with E-state index >= 15 is 0 Å². The molecule has 0 spiro atoms. The van der Waals surface area contributed by atoms with Crippen LogP contribution in [0.15, 0.2) is 12.1 Å². The van der Waals surface area contributed by atoms with E-state index < -0.39 is 0 Å². The maximum atomic E-state index is 14.0. The number of hydrogen-bond donors (Lipinski definition) is 1. The van der Waals surface area contributed by atoms with Gasteiger partial charge in [0.2, 0.25) is 0 Å². The van der Waals surface area contributed by atoms with Crippen molar-refractivity contribution in [3.8, 4) is 5.75 Å². The van der Waals surface area contributed by atoms with Crippen molar-refractivity contribution in [2.75, 3.05) is 13.7 Å². The molecule has 4 heteroatoms. The lowest BCUT2D eigenvalue weighted by Gasteiger charge is -2.24. The van der Waals surface area contributed by atoms with Gasteiger partial charge in [-0.3, -0.25) is 0 Å². The smallest absolute Gasteiger partial charge is 0.148 e. The highest BCUT2D eigenvalue weighted by molar-refractivity contribution is 6.30. The van der Waals surface area contributed by atoms with Crippen LogP contribution in [0, 0.1) is 5.82 Å². The first kappa shape index (κ1) is 12.7. The van der Waals surface area contributed by atoms with E-state index in [9.17, 15) is 4.39 Å². The minimum atomic E-state index is -0.349. The second-order valence-corrected chi connectivity index (χ2v) is 4.80. The normalized spacial score (nSPS) is 20.3. The molecular formula is C13H17ClFNO. The lowest BCUT2D eigenvalue weighted by molar-refractivity contribution is 0.375. The number of rotatable bonds is 3. The number of piperidine rings is 1. The highest BCUT2D eigenvalue weighted by atomic mass is 35.5. The summed E-state index contributed by atoms with van der Waals surface area (Å²) in [6, 6.07) is 3.59. The van der Waals surface area contributed by atoms with Gasteiger partial charge in [-0.25, -0.2) is 4.39 Å². The molecule has 1 N–H and O–H groups in total. The molecule has 0 aliphatic carbocycles. The molecule has 1 saturated heterocycles. The molecule has 1 heterocycles. The zero-order chi connectivity index (χ0) is 12.3. The Morgan fingerprint density at radius 3 is 2.94 bits per heavy atom. The lowest BCUT2D eigenvalue weighted by Crippen LogP contribution is -2.35. The number of methoxy groups -OCH3 is 1. The third kappa shape index (κ3) is 2.90. The molecule has 2 rings (SSSR count). The monoisotopic (exact) mass is 257 g/mol. The molecule has 1 aromatic rings. The topological polar surface area (TPSA) is 21.3 Å². The number of nitrogens with one attached hydrogen (secondary N) is 1. The Balaban J connectivity index is 2.20. The van der Waals surface area contributed by atoms with E-state index in [1.165, 1.54) is 18.9 Å². The number of halogens is 2. The Hall–Kier alpha value is -0.800. The maximum absolute atomic E-state index is 14.0. The Morgan fingerprint density at radius 1 is 1.47 bits per heavy atom. The van der Waals surface area contributed by atoms with E-state index in [0.29, 0.717) is 23.8 Å². The first-order valence-electron chi connectivity index (χ1n) is 5.96. The van der Waals surface area contributed by atoms with Gasteiger partial charge in [0.1, 0.15) is 11.6 Å². The Bertz CT molecular complexity index is 391. The predicted octanol–water partition coefficient (Wildman–Crippen LogP) is 3.17. The van der Waals surface area contributed by atoms with Gasteiger partial charge in [-0.1, -0.05) is 18.0 Å². The zero-order valence-corrected chi connectivity index (χ0v) is 10.7. The minimum Gasteiger partial charge on any atom is -0.496 e. The fourth-order valence-electron chi connectivity index (χ4n) is 2.30. The van der Waals surface area contributed by atoms with Crippen molar-refractivity contribution >= 4 is 11.6 Å². The standard InChI is InChI=1S/C13H17ClFNO/c1-17-12-6-5-11(14)13(15)10(12)8-9-4-2-3-7-16-9/h5-6,9,16H,2-4,7-8H2,1H3. The highest BCUT2D eigenvalue weighted by Gasteiger charge is 2.19. The van der Waals surface area contributed by atoms with Crippen LogP contribution in [0.2, 0.25) is 5.02 Å². The maximum Gasteiger partial charge on any atom is 0.148 e.